The van der Waals surface area contributed by atoms with Crippen molar-refractivity contribution >= 4 is 5.97 Å². The second-order valence-electron chi connectivity index (χ2n) is 3.66. The molecule has 5 nitrogen and oxygen atoms in total. The summed E-state index contributed by atoms with van der Waals surface area (Å²) in [6.45, 7) is 2.56. The lowest BCUT2D eigenvalue weighted by atomic mass is 10.1. The highest BCUT2D eigenvalue weighted by atomic mass is 16.5. The summed E-state index contributed by atoms with van der Waals surface area (Å²) in [5.74, 6) is -0.783. The Balaban J connectivity index is 3.76. The summed E-state index contributed by atoms with van der Waals surface area (Å²) < 4.78 is 4.99. The number of ether oxygens (including phenoxy) is 1. The van der Waals surface area contributed by atoms with E-state index in [4.69, 9.17) is 14.9 Å². The maximum absolute atomic E-state index is 10.3. The van der Waals surface area contributed by atoms with Crippen LogP contribution in [0.2, 0.25) is 0 Å². The van der Waals surface area contributed by atoms with Gasteiger partial charge in [-0.25, -0.2) is 0 Å². The van der Waals surface area contributed by atoms with Gasteiger partial charge in [0.15, 0.2) is 0 Å². The minimum Gasteiger partial charge on any atom is -0.481 e. The predicted octanol–water partition coefficient (Wildman–Crippen LogP) is 0.227. The molecule has 0 bridgehead atoms. The molecule has 2 unspecified atom stereocenters. The van der Waals surface area contributed by atoms with Gasteiger partial charge >= 0.3 is 5.97 Å². The van der Waals surface area contributed by atoms with Gasteiger partial charge in [-0.15, -0.1) is 0 Å². The zero-order valence-corrected chi connectivity index (χ0v) is 9.40. The van der Waals surface area contributed by atoms with Crippen molar-refractivity contribution in [1.82, 2.24) is 5.32 Å². The van der Waals surface area contributed by atoms with Crippen LogP contribution in [0.3, 0.4) is 0 Å². The number of carbonyl (C=O) groups is 1. The first kappa shape index (κ1) is 14.3. The number of aliphatic carboxylic acids is 1. The molecular weight excluding hydrogens is 198 g/mol. The molecule has 0 heterocycles. The number of aliphatic hydroxyl groups is 1. The summed E-state index contributed by atoms with van der Waals surface area (Å²) in [6.07, 6.45) is 1.36. The summed E-state index contributed by atoms with van der Waals surface area (Å²) in [5.41, 5.74) is 0. The highest BCUT2D eigenvalue weighted by molar-refractivity contribution is 5.66. The molecule has 0 saturated heterocycles. The van der Waals surface area contributed by atoms with Crippen molar-refractivity contribution in [2.75, 3.05) is 20.3 Å². The van der Waals surface area contributed by atoms with Crippen LogP contribution in [0, 0.1) is 0 Å². The van der Waals surface area contributed by atoms with Gasteiger partial charge in [-0.1, -0.05) is 0 Å². The van der Waals surface area contributed by atoms with Gasteiger partial charge in [0.25, 0.3) is 0 Å². The average Bonchev–Trinajstić information content (AvgIpc) is 2.15. The smallest absolute Gasteiger partial charge is 0.303 e. The molecule has 2 atom stereocenters. The molecule has 0 spiro atoms. The van der Waals surface area contributed by atoms with Gasteiger partial charge in [-0.3, -0.25) is 4.79 Å². The molecule has 0 radical (unpaired) electrons. The third-order valence-electron chi connectivity index (χ3n) is 2.16. The molecule has 0 amide bonds. The van der Waals surface area contributed by atoms with Crippen LogP contribution < -0.4 is 5.32 Å². The number of rotatable bonds is 9. The third-order valence-corrected chi connectivity index (χ3v) is 2.16. The molecule has 5 heteroatoms. The Hall–Kier alpha value is -0.650. The molecule has 90 valence electrons. The summed E-state index contributed by atoms with van der Waals surface area (Å²) in [5, 5.41) is 20.5. The Morgan fingerprint density at radius 3 is 2.60 bits per heavy atom. The highest BCUT2D eigenvalue weighted by Crippen LogP contribution is 2.00. The first-order valence-electron chi connectivity index (χ1n) is 5.17. The van der Waals surface area contributed by atoms with Gasteiger partial charge in [0.1, 0.15) is 0 Å². The van der Waals surface area contributed by atoms with E-state index in [0.717, 1.165) is 0 Å². The van der Waals surface area contributed by atoms with Crippen LogP contribution in [0.4, 0.5) is 0 Å². The van der Waals surface area contributed by atoms with Crippen LogP contribution in [0.1, 0.15) is 26.2 Å². The predicted molar refractivity (Wildman–Crippen MR) is 56.8 cm³/mol. The van der Waals surface area contributed by atoms with Gasteiger partial charge in [0.05, 0.1) is 6.61 Å². The fourth-order valence-corrected chi connectivity index (χ4v) is 1.40. The van der Waals surface area contributed by atoms with E-state index in [1.807, 2.05) is 6.92 Å². The van der Waals surface area contributed by atoms with Gasteiger partial charge in [0, 0.05) is 32.2 Å². The average molecular weight is 219 g/mol. The molecule has 0 aliphatic heterocycles. The van der Waals surface area contributed by atoms with Gasteiger partial charge in [-0.05, 0) is 19.8 Å². The van der Waals surface area contributed by atoms with Crippen molar-refractivity contribution in [2.45, 2.75) is 38.3 Å². The molecule has 0 aliphatic carbocycles. The van der Waals surface area contributed by atoms with Crippen LogP contribution >= 0.6 is 0 Å². The van der Waals surface area contributed by atoms with E-state index in [1.54, 1.807) is 7.11 Å². The third kappa shape index (κ3) is 8.35. The van der Waals surface area contributed by atoms with Crippen LogP contribution in [0.15, 0.2) is 0 Å². The van der Waals surface area contributed by atoms with Crippen LogP contribution in [0.5, 0.6) is 0 Å². The normalized spacial score (nSPS) is 14.9. The molecular formula is C10H21NO4. The van der Waals surface area contributed by atoms with E-state index in [1.165, 1.54) is 0 Å². The lowest BCUT2D eigenvalue weighted by Crippen LogP contribution is -2.40. The summed E-state index contributed by atoms with van der Waals surface area (Å²) in [7, 11) is 1.61. The molecule has 0 rings (SSSR count). The van der Waals surface area contributed by atoms with E-state index in [-0.39, 0.29) is 25.1 Å². The largest absolute Gasteiger partial charge is 0.481 e. The van der Waals surface area contributed by atoms with Crippen LogP contribution in [-0.2, 0) is 9.53 Å². The molecule has 0 aromatic rings. The van der Waals surface area contributed by atoms with Crippen LogP contribution in [0.25, 0.3) is 0 Å². The number of carboxylic acids is 1. The van der Waals surface area contributed by atoms with E-state index < -0.39 is 5.97 Å². The topological polar surface area (TPSA) is 78.8 Å². The number of methoxy groups -OCH3 is 1. The van der Waals surface area contributed by atoms with E-state index in [0.29, 0.717) is 19.4 Å². The zero-order chi connectivity index (χ0) is 11.7. The highest BCUT2D eigenvalue weighted by Gasteiger charge is 2.12. The van der Waals surface area contributed by atoms with E-state index >= 15 is 0 Å². The summed E-state index contributed by atoms with van der Waals surface area (Å²) in [4.78, 5) is 10.3. The van der Waals surface area contributed by atoms with Crippen molar-refractivity contribution in [3.05, 3.63) is 0 Å². The fourth-order valence-electron chi connectivity index (χ4n) is 1.40. The SMILES string of the molecule is COCC(CCO)NC(C)CCC(=O)O. The number of aliphatic hydroxyl groups excluding tert-OH is 1. The van der Waals surface area contributed by atoms with Crippen molar-refractivity contribution < 1.29 is 19.7 Å². The molecule has 0 saturated carbocycles. The van der Waals surface area contributed by atoms with Gasteiger partial charge in [-0.2, -0.15) is 0 Å². The minimum absolute atomic E-state index is 0.0868. The fraction of sp³-hybridized carbons (Fsp3) is 0.900. The Kier molecular flexibility index (Phi) is 8.27. The van der Waals surface area contributed by atoms with Crippen molar-refractivity contribution in [3.63, 3.8) is 0 Å². The molecule has 0 aliphatic rings. The zero-order valence-electron chi connectivity index (χ0n) is 9.40. The van der Waals surface area contributed by atoms with Crippen molar-refractivity contribution in [2.24, 2.45) is 0 Å². The molecule has 0 fully saturated rings. The first-order chi connectivity index (χ1) is 7.10. The molecule has 0 aromatic carbocycles. The Labute approximate surface area is 90.4 Å². The van der Waals surface area contributed by atoms with Crippen molar-refractivity contribution in [3.8, 4) is 0 Å². The van der Waals surface area contributed by atoms with E-state index in [9.17, 15) is 4.79 Å². The standard InChI is InChI=1S/C10H21NO4/c1-8(3-4-10(13)14)11-9(5-6-12)7-15-2/h8-9,11-12H,3-7H2,1-2H3,(H,13,14). The summed E-state index contributed by atoms with van der Waals surface area (Å²) >= 11 is 0. The lowest BCUT2D eigenvalue weighted by molar-refractivity contribution is -0.137. The number of carboxylic acid groups (broad SMARTS) is 1. The van der Waals surface area contributed by atoms with E-state index in [2.05, 4.69) is 5.32 Å². The maximum Gasteiger partial charge on any atom is 0.303 e. The Bertz CT molecular complexity index is 169. The van der Waals surface area contributed by atoms with Gasteiger partial charge in [0.2, 0.25) is 0 Å². The maximum atomic E-state index is 10.3. The minimum atomic E-state index is -0.783. The molecule has 15 heavy (non-hydrogen) atoms. The Morgan fingerprint density at radius 1 is 1.47 bits per heavy atom. The molecule has 3 N–H and O–H groups in total. The first-order valence-corrected chi connectivity index (χ1v) is 5.17. The number of hydrogen-bond acceptors (Lipinski definition) is 4. The van der Waals surface area contributed by atoms with Crippen LogP contribution in [-0.4, -0.2) is 48.6 Å². The lowest BCUT2D eigenvalue weighted by Gasteiger charge is -2.21. The second kappa shape index (κ2) is 8.64. The number of hydrogen-bond donors (Lipinski definition) is 3. The monoisotopic (exact) mass is 219 g/mol. The van der Waals surface area contributed by atoms with Crippen molar-refractivity contribution in [1.29, 1.82) is 0 Å². The molecule has 0 aromatic heterocycles. The summed E-state index contributed by atoms with van der Waals surface area (Å²) in [6, 6.07) is 0.205. The quantitative estimate of drug-likeness (QED) is 0.517. The second-order valence-corrected chi connectivity index (χ2v) is 3.66. The van der Waals surface area contributed by atoms with Gasteiger partial charge < -0.3 is 20.3 Å². The Morgan fingerprint density at radius 2 is 2.13 bits per heavy atom. The number of nitrogens with one attached hydrogen (secondary N) is 1.